The Labute approximate surface area is 799 Å². The van der Waals surface area contributed by atoms with Gasteiger partial charge < -0.3 is 0 Å². The molecular formula is C135H126. The normalized spacial score (nSPS) is 11.4. The molecule has 0 heterocycles. The van der Waals surface area contributed by atoms with Gasteiger partial charge in [0.15, 0.2) is 0 Å². The number of hydrogen-bond acceptors (Lipinski definition) is 0. The maximum absolute atomic E-state index is 2.36. The average molecular weight is 1750 g/mol. The molecule has 0 radical (unpaired) electrons. The molecule has 0 aromatic heterocycles. The smallest absolute Gasteiger partial charge is 0.0132 e. The number of benzene rings is 24. The summed E-state index contributed by atoms with van der Waals surface area (Å²) >= 11 is 0. The van der Waals surface area contributed by atoms with Gasteiger partial charge in [-0.25, -0.2) is 0 Å². The summed E-state index contributed by atoms with van der Waals surface area (Å²) in [7, 11) is 0. The molecule has 135 heavy (non-hydrogen) atoms. The molecule has 666 valence electrons. The second kappa shape index (κ2) is 38.9. The molecule has 0 aliphatic carbocycles. The molecule has 0 N–H and O–H groups in total. The van der Waals surface area contributed by atoms with E-state index in [2.05, 4.69) is 528 Å². The Morgan fingerprint density at radius 2 is 0.341 bits per heavy atom. The minimum absolute atomic E-state index is 0.201. The van der Waals surface area contributed by atoms with Gasteiger partial charge in [0.05, 0.1) is 0 Å². The highest BCUT2D eigenvalue weighted by Crippen LogP contribution is 2.39. The SMILES string of the molecule is Cc1c2ccccc2cc2cc(C(C)(C)C)ccc12.Cc1c2ccccc2cc2ccc(C(C)(C)C)cc12.Cc1c2ccccc2cc2ccccc12.Cc1cc2cc3cc(C)c(C)cc3c(C)c2cc1C.Cc1ccc2c(C)c3cc(C)ccc3cc2c1.Cc1ccc2c(C)c3ccccc3cc2c1.Cc1ccc2cc3ccccc3cc2c1.Cc1cccc2cc3ccccc3cc12. The summed E-state index contributed by atoms with van der Waals surface area (Å²) in [5.41, 5.74) is 23.6. The van der Waals surface area contributed by atoms with Crippen molar-refractivity contribution in [2.24, 2.45) is 0 Å². The Balaban J connectivity index is 0.000000107. The largest absolute Gasteiger partial charge is 0.0616 e. The van der Waals surface area contributed by atoms with Crippen LogP contribution in [0.25, 0.3) is 172 Å². The summed E-state index contributed by atoms with van der Waals surface area (Å²) in [5, 5.41) is 43.1. The van der Waals surface area contributed by atoms with E-state index in [9.17, 15) is 0 Å². The van der Waals surface area contributed by atoms with E-state index in [4.69, 9.17) is 0 Å². The number of aryl methyl sites for hydroxylation is 15. The molecule has 0 aliphatic rings. The van der Waals surface area contributed by atoms with Crippen molar-refractivity contribution < 1.29 is 0 Å². The van der Waals surface area contributed by atoms with Gasteiger partial charge in [0.25, 0.3) is 0 Å². The fourth-order valence-corrected chi connectivity index (χ4v) is 19.8. The van der Waals surface area contributed by atoms with E-state index in [0.29, 0.717) is 0 Å². The molecule has 0 heteroatoms. The van der Waals surface area contributed by atoms with Gasteiger partial charge in [0, 0.05) is 0 Å². The highest BCUT2D eigenvalue weighted by Gasteiger charge is 2.18. The molecule has 24 rings (SSSR count). The molecule has 0 saturated carbocycles. The molecule has 0 aliphatic heterocycles. The van der Waals surface area contributed by atoms with Crippen molar-refractivity contribution in [3.8, 4) is 0 Å². The third-order valence-corrected chi connectivity index (χ3v) is 28.1. The molecule has 0 nitrogen and oxygen atoms in total. The molecule has 0 bridgehead atoms. The highest BCUT2D eigenvalue weighted by atomic mass is 14.2. The quantitative estimate of drug-likeness (QED) is 0.133. The first-order chi connectivity index (χ1) is 64.8. The van der Waals surface area contributed by atoms with Gasteiger partial charge in [-0.2, -0.15) is 0 Å². The zero-order chi connectivity index (χ0) is 94.8. The van der Waals surface area contributed by atoms with Crippen LogP contribution in [0.3, 0.4) is 0 Å². The van der Waals surface area contributed by atoms with Gasteiger partial charge in [-0.1, -0.05) is 385 Å². The van der Waals surface area contributed by atoms with Gasteiger partial charge in [0.2, 0.25) is 0 Å². The van der Waals surface area contributed by atoms with Crippen LogP contribution >= 0.6 is 0 Å². The van der Waals surface area contributed by atoms with Gasteiger partial charge in [-0.15, -0.1) is 0 Å². The highest BCUT2D eigenvalue weighted by molar-refractivity contribution is 6.09. The molecule has 0 spiro atoms. The van der Waals surface area contributed by atoms with E-state index in [1.165, 1.54) is 267 Å². The van der Waals surface area contributed by atoms with Gasteiger partial charge in [0.1, 0.15) is 0 Å². The lowest BCUT2D eigenvalue weighted by atomic mass is 9.85. The van der Waals surface area contributed by atoms with Crippen LogP contribution in [0.1, 0.15) is 136 Å². The monoisotopic (exact) mass is 1750 g/mol. The lowest BCUT2D eigenvalue weighted by Crippen LogP contribution is -2.10. The van der Waals surface area contributed by atoms with E-state index in [1.54, 1.807) is 0 Å². The van der Waals surface area contributed by atoms with E-state index in [0.717, 1.165) is 0 Å². The van der Waals surface area contributed by atoms with Crippen molar-refractivity contribution in [3.63, 3.8) is 0 Å². The summed E-state index contributed by atoms with van der Waals surface area (Å²) in [4.78, 5) is 0. The average Bonchev–Trinajstić information content (AvgIpc) is 0.737. The minimum Gasteiger partial charge on any atom is -0.0616 e. The maximum Gasteiger partial charge on any atom is -0.0132 e. The van der Waals surface area contributed by atoms with E-state index >= 15 is 0 Å². The first kappa shape index (κ1) is 92.3. The van der Waals surface area contributed by atoms with Crippen LogP contribution in [0, 0.1) is 104 Å². The Hall–Kier alpha value is -14.6. The van der Waals surface area contributed by atoms with Crippen LogP contribution in [0.4, 0.5) is 0 Å². The number of fused-ring (bicyclic) bond motifs is 16. The third-order valence-electron chi connectivity index (χ3n) is 28.1. The topological polar surface area (TPSA) is 0 Å². The zero-order valence-electron chi connectivity index (χ0n) is 82.9. The van der Waals surface area contributed by atoms with Gasteiger partial charge >= 0.3 is 0 Å². The van der Waals surface area contributed by atoms with Crippen molar-refractivity contribution in [2.45, 2.75) is 156 Å². The fourth-order valence-electron chi connectivity index (χ4n) is 19.8. The molecule has 24 aromatic carbocycles. The Morgan fingerprint density at radius 1 is 0.119 bits per heavy atom. The third kappa shape index (κ3) is 20.1. The zero-order valence-corrected chi connectivity index (χ0v) is 82.9. The van der Waals surface area contributed by atoms with Crippen LogP contribution in [0.5, 0.6) is 0 Å². The fraction of sp³-hybridized carbons (Fsp3) is 0.170. The summed E-state index contributed by atoms with van der Waals surface area (Å²) in [6.45, 7) is 46.4. The Kier molecular flexibility index (Phi) is 26.6. The van der Waals surface area contributed by atoms with E-state index in [-0.39, 0.29) is 10.8 Å². The second-order valence-corrected chi connectivity index (χ2v) is 40.0. The second-order valence-electron chi connectivity index (χ2n) is 40.0. The van der Waals surface area contributed by atoms with Crippen LogP contribution in [-0.4, -0.2) is 0 Å². The Bertz CT molecular complexity index is 8510. The molecule has 24 aromatic rings. The minimum atomic E-state index is 0.201. The van der Waals surface area contributed by atoms with E-state index < -0.39 is 0 Å². The molecule has 0 saturated heterocycles. The van der Waals surface area contributed by atoms with Gasteiger partial charge in [-0.3, -0.25) is 0 Å². The van der Waals surface area contributed by atoms with Crippen molar-refractivity contribution in [1.82, 2.24) is 0 Å². The predicted octanol–water partition coefficient (Wildman–Crippen LogP) is 39.2. The number of hydrogen-bond donors (Lipinski definition) is 0. The predicted molar refractivity (Wildman–Crippen MR) is 600 cm³/mol. The molecular weight excluding hydrogens is 1620 g/mol. The van der Waals surface area contributed by atoms with Crippen LogP contribution < -0.4 is 0 Å². The summed E-state index contributed by atoms with van der Waals surface area (Å²) in [6, 6.07) is 139. The molecule has 0 fully saturated rings. The lowest BCUT2D eigenvalue weighted by Gasteiger charge is -2.20. The van der Waals surface area contributed by atoms with Crippen molar-refractivity contribution in [3.05, 3.63) is 477 Å². The van der Waals surface area contributed by atoms with E-state index in [1.807, 2.05) is 0 Å². The van der Waals surface area contributed by atoms with Gasteiger partial charge in [-0.05, 0) is 420 Å². The van der Waals surface area contributed by atoms with Crippen molar-refractivity contribution in [2.75, 3.05) is 0 Å². The summed E-state index contributed by atoms with van der Waals surface area (Å²) in [6.07, 6.45) is 0. The van der Waals surface area contributed by atoms with Crippen LogP contribution in [0.15, 0.2) is 382 Å². The summed E-state index contributed by atoms with van der Waals surface area (Å²) in [5.74, 6) is 0. The summed E-state index contributed by atoms with van der Waals surface area (Å²) < 4.78 is 0. The van der Waals surface area contributed by atoms with Crippen molar-refractivity contribution >= 4 is 172 Å². The first-order valence-electron chi connectivity index (χ1n) is 48.0. The van der Waals surface area contributed by atoms with Crippen LogP contribution in [-0.2, 0) is 10.8 Å². The van der Waals surface area contributed by atoms with Crippen molar-refractivity contribution in [1.29, 1.82) is 0 Å². The van der Waals surface area contributed by atoms with Crippen LogP contribution in [0.2, 0.25) is 0 Å². The maximum atomic E-state index is 2.36. The molecule has 0 amide bonds. The number of rotatable bonds is 0. The standard InChI is InChI=1S/3C19H20.C17H16.C16H14.3C15H12/c1-11-6-16-10-17-7-12(2)14(4)9-19(17)15(5)18(16)8-13(11)3;1-13-17-8-6-5-7-14(17)11-15-12-16(19(2,3)4)9-10-18(13)15;1-13-17-8-6-5-7-14(17)11-15-9-10-16(12-18(13)15)19(2,3)4;1-11-5-7-16-13(3)17-9-12(2)4-6-14(17)10-15(16)8-11;1-11-7-8-16-12(2)15-6-4-3-5-13(15)10-14(16)9-11;1-11-14-8-4-2-6-12(14)10-13-7-3-5-9-15(11)13;1-11-5-4-8-14-9-12-6-2-3-7-13(12)10-15(11)14;1-11-6-7-14-9-12-4-2-3-5-13(12)10-15(14)8-11/h6-10H,1-5H3;2*5-12H,1-4H3;4-10H,1-3H3;3-10H,1-2H3;3*2-10H,1H3. The Morgan fingerprint density at radius 3 is 0.763 bits per heavy atom. The first-order valence-corrected chi connectivity index (χ1v) is 48.0. The molecule has 0 atom stereocenters. The molecule has 0 unspecified atom stereocenters. The lowest BCUT2D eigenvalue weighted by molar-refractivity contribution is 0.591.